The average Bonchev–Trinajstić information content (AvgIpc) is 3.37. The minimum Gasteiger partial charge on any atom is -0.380 e. The molecule has 3 aromatic rings. The average molecular weight is 351 g/mol. The van der Waals surface area contributed by atoms with E-state index in [-0.39, 0.29) is 0 Å². The summed E-state index contributed by atoms with van der Waals surface area (Å²) in [7, 11) is 0. The highest BCUT2D eigenvalue weighted by Crippen LogP contribution is 2.39. The molecule has 7 nitrogen and oxygen atoms in total. The van der Waals surface area contributed by atoms with Crippen LogP contribution in [-0.4, -0.2) is 46.2 Å². The number of hydrogen-bond donors (Lipinski definition) is 0. The lowest BCUT2D eigenvalue weighted by Crippen LogP contribution is -2.44. The van der Waals surface area contributed by atoms with E-state index < -0.39 is 0 Å². The zero-order chi connectivity index (χ0) is 17.6. The molecule has 4 heterocycles. The Labute approximate surface area is 151 Å². The van der Waals surface area contributed by atoms with Gasteiger partial charge in [0.25, 0.3) is 0 Å². The Hall–Kier alpha value is -2.67. The minimum atomic E-state index is 0.319. The van der Waals surface area contributed by atoms with Crippen molar-refractivity contribution in [3.63, 3.8) is 0 Å². The molecule has 134 valence electrons. The molecule has 0 radical (unpaired) electrons. The molecule has 2 aromatic heterocycles. The first-order chi connectivity index (χ1) is 12.8. The molecule has 0 unspecified atom stereocenters. The second-order valence-electron chi connectivity index (χ2n) is 7.17. The Morgan fingerprint density at radius 1 is 1.15 bits per heavy atom. The predicted molar refractivity (Wildman–Crippen MR) is 96.7 cm³/mol. The molecule has 2 saturated heterocycles. The molecule has 0 N–H and O–H groups in total. The van der Waals surface area contributed by atoms with E-state index in [1.165, 1.54) is 0 Å². The second-order valence-corrected chi connectivity index (χ2v) is 7.17. The van der Waals surface area contributed by atoms with Gasteiger partial charge in [-0.25, -0.2) is 0 Å². The number of benzene rings is 1. The fourth-order valence-electron chi connectivity index (χ4n) is 3.86. The largest absolute Gasteiger partial charge is 0.380 e. The molecule has 2 aliphatic heterocycles. The summed E-state index contributed by atoms with van der Waals surface area (Å²) in [5, 5.41) is 13.1. The fourth-order valence-corrected chi connectivity index (χ4v) is 3.86. The molecule has 0 aliphatic carbocycles. The van der Waals surface area contributed by atoms with Gasteiger partial charge in [-0.3, -0.25) is 4.57 Å². The van der Waals surface area contributed by atoms with Gasteiger partial charge < -0.3 is 14.2 Å². The molecule has 26 heavy (non-hydrogen) atoms. The quantitative estimate of drug-likeness (QED) is 0.720. The topological polar surface area (TPSA) is 69.2 Å². The summed E-state index contributed by atoms with van der Waals surface area (Å²) in [6.45, 7) is 6.59. The van der Waals surface area contributed by atoms with E-state index in [1.807, 2.05) is 36.4 Å². The highest BCUT2D eigenvalue weighted by molar-refractivity contribution is 5.63. The predicted octanol–water partition coefficient (Wildman–Crippen LogP) is 2.85. The van der Waals surface area contributed by atoms with Crippen molar-refractivity contribution < 1.29 is 9.26 Å². The van der Waals surface area contributed by atoms with Crippen LogP contribution in [0.3, 0.4) is 0 Å². The van der Waals surface area contributed by atoms with Gasteiger partial charge in [0, 0.05) is 36.7 Å². The van der Waals surface area contributed by atoms with Gasteiger partial charge in [-0.2, -0.15) is 0 Å². The van der Waals surface area contributed by atoms with Gasteiger partial charge in [-0.15, -0.1) is 10.2 Å². The molecule has 1 aromatic carbocycles. The molecule has 0 amide bonds. The van der Waals surface area contributed by atoms with E-state index >= 15 is 0 Å². The van der Waals surface area contributed by atoms with E-state index in [0.717, 1.165) is 62.4 Å². The Kier molecular flexibility index (Phi) is 3.56. The highest BCUT2D eigenvalue weighted by atomic mass is 16.5. The normalized spacial score (nSPS) is 18.4. The van der Waals surface area contributed by atoms with Crippen molar-refractivity contribution in [1.29, 1.82) is 0 Å². The van der Waals surface area contributed by atoms with Crippen LogP contribution in [0.4, 0.5) is 5.95 Å². The number of aromatic nitrogens is 4. The lowest BCUT2D eigenvalue weighted by Gasteiger charge is -2.37. The smallest absolute Gasteiger partial charge is 0.227 e. The molecular formula is C19H21N5O2. The van der Waals surface area contributed by atoms with Gasteiger partial charge in [0.05, 0.1) is 13.2 Å². The van der Waals surface area contributed by atoms with Crippen molar-refractivity contribution in [3.8, 4) is 22.8 Å². The van der Waals surface area contributed by atoms with Crippen LogP contribution < -0.4 is 4.90 Å². The summed E-state index contributed by atoms with van der Waals surface area (Å²) in [6.07, 6.45) is 1.15. The number of hydrogen-bond acceptors (Lipinski definition) is 6. The molecule has 2 fully saturated rings. The second kappa shape index (κ2) is 5.95. The van der Waals surface area contributed by atoms with Gasteiger partial charge in [-0.1, -0.05) is 35.5 Å². The molecular weight excluding hydrogens is 330 g/mol. The maximum atomic E-state index is 5.54. The van der Waals surface area contributed by atoms with Crippen molar-refractivity contribution in [3.05, 3.63) is 36.4 Å². The van der Waals surface area contributed by atoms with Gasteiger partial charge in [0.2, 0.25) is 5.95 Å². The van der Waals surface area contributed by atoms with Crippen LogP contribution in [0.25, 0.3) is 22.8 Å². The summed E-state index contributed by atoms with van der Waals surface area (Å²) in [5.74, 6) is 2.40. The first-order valence-corrected chi connectivity index (χ1v) is 9.06. The van der Waals surface area contributed by atoms with Crippen LogP contribution in [0.5, 0.6) is 0 Å². The van der Waals surface area contributed by atoms with E-state index in [1.54, 1.807) is 0 Å². The standard InChI is InChI=1S/C19H21N5O2/c1-2-24-17(15-10-16(26-22-15)14-6-4-3-5-7-14)20-21-18(24)23-9-8-19(11-23)12-25-13-19/h3-7,10H,2,8-9,11-13H2,1H3. The Bertz CT molecular complexity index is 913. The van der Waals surface area contributed by atoms with Crippen LogP contribution in [0, 0.1) is 5.41 Å². The Morgan fingerprint density at radius 3 is 2.69 bits per heavy atom. The third-order valence-electron chi connectivity index (χ3n) is 5.38. The molecule has 0 saturated carbocycles. The van der Waals surface area contributed by atoms with Crippen LogP contribution in [0.2, 0.25) is 0 Å². The summed E-state index contributed by atoms with van der Waals surface area (Å²) in [4.78, 5) is 2.32. The minimum absolute atomic E-state index is 0.319. The van der Waals surface area contributed by atoms with E-state index in [4.69, 9.17) is 9.26 Å². The first-order valence-electron chi connectivity index (χ1n) is 9.06. The SMILES string of the molecule is CCn1c(-c2cc(-c3ccccc3)on2)nnc1N1CCC2(COC2)C1. The first kappa shape index (κ1) is 15.6. The number of ether oxygens (including phenoxy) is 1. The van der Waals surface area contributed by atoms with Crippen molar-refractivity contribution in [1.82, 2.24) is 19.9 Å². The van der Waals surface area contributed by atoms with Crippen molar-refractivity contribution in [2.75, 3.05) is 31.2 Å². The monoisotopic (exact) mass is 351 g/mol. The summed E-state index contributed by atoms with van der Waals surface area (Å²) in [5.41, 5.74) is 2.03. The van der Waals surface area contributed by atoms with Gasteiger partial charge in [0.15, 0.2) is 17.3 Å². The van der Waals surface area contributed by atoms with Crippen LogP contribution >= 0.6 is 0 Å². The third kappa shape index (κ3) is 2.42. The molecule has 0 bridgehead atoms. The summed E-state index contributed by atoms with van der Waals surface area (Å²) < 4.78 is 13.1. The molecule has 5 rings (SSSR count). The Morgan fingerprint density at radius 2 is 2.00 bits per heavy atom. The maximum Gasteiger partial charge on any atom is 0.227 e. The van der Waals surface area contributed by atoms with E-state index in [2.05, 4.69) is 31.7 Å². The zero-order valence-electron chi connectivity index (χ0n) is 14.8. The zero-order valence-corrected chi connectivity index (χ0v) is 14.8. The van der Waals surface area contributed by atoms with Crippen LogP contribution in [0.15, 0.2) is 40.9 Å². The van der Waals surface area contributed by atoms with Crippen LogP contribution in [-0.2, 0) is 11.3 Å². The number of nitrogens with zero attached hydrogens (tertiary/aromatic N) is 5. The summed E-state index contributed by atoms with van der Waals surface area (Å²) in [6, 6.07) is 11.9. The molecule has 2 aliphatic rings. The van der Waals surface area contributed by atoms with Crippen LogP contribution in [0.1, 0.15) is 13.3 Å². The highest BCUT2D eigenvalue weighted by Gasteiger charge is 2.45. The van der Waals surface area contributed by atoms with Crippen molar-refractivity contribution >= 4 is 5.95 Å². The summed E-state index contributed by atoms with van der Waals surface area (Å²) >= 11 is 0. The molecule has 0 atom stereocenters. The number of rotatable bonds is 4. The van der Waals surface area contributed by atoms with Gasteiger partial charge in [0.1, 0.15) is 0 Å². The third-order valence-corrected chi connectivity index (χ3v) is 5.38. The van der Waals surface area contributed by atoms with Crippen molar-refractivity contribution in [2.45, 2.75) is 19.9 Å². The molecule has 1 spiro atoms. The number of anilines is 1. The lowest BCUT2D eigenvalue weighted by molar-refractivity contribution is -0.0985. The maximum absolute atomic E-state index is 5.54. The molecule has 7 heteroatoms. The lowest BCUT2D eigenvalue weighted by atomic mass is 9.85. The fraction of sp³-hybridized carbons (Fsp3) is 0.421. The van der Waals surface area contributed by atoms with E-state index in [0.29, 0.717) is 11.1 Å². The van der Waals surface area contributed by atoms with E-state index in [9.17, 15) is 0 Å². The van der Waals surface area contributed by atoms with Gasteiger partial charge >= 0.3 is 0 Å². The Balaban J connectivity index is 1.45. The van der Waals surface area contributed by atoms with Gasteiger partial charge in [-0.05, 0) is 13.3 Å². The van der Waals surface area contributed by atoms with Crippen molar-refractivity contribution in [2.24, 2.45) is 5.41 Å².